The smallest absolute Gasteiger partial charge is 0.253 e. The van der Waals surface area contributed by atoms with E-state index in [0.717, 1.165) is 0 Å². The number of imide groups is 1. The number of hydrogen-bond donors (Lipinski definition) is 1. The van der Waals surface area contributed by atoms with Gasteiger partial charge in [-0.05, 0) is 36.3 Å². The predicted molar refractivity (Wildman–Crippen MR) is 93.6 cm³/mol. The molecule has 0 aliphatic carbocycles. The second-order valence-corrected chi connectivity index (χ2v) is 5.24. The summed E-state index contributed by atoms with van der Waals surface area (Å²) in [5.41, 5.74) is 6.14. The highest BCUT2D eigenvalue weighted by molar-refractivity contribution is 6.06. The summed E-state index contributed by atoms with van der Waals surface area (Å²) in [7, 11) is 3.03. The molecule has 1 aliphatic rings. The van der Waals surface area contributed by atoms with Gasteiger partial charge in [0.25, 0.3) is 11.8 Å². The summed E-state index contributed by atoms with van der Waals surface area (Å²) >= 11 is 0. The zero-order chi connectivity index (χ0) is 18.2. The van der Waals surface area contributed by atoms with Crippen LogP contribution in [-0.4, -0.2) is 50.6 Å². The Balaban J connectivity index is 2.22. The lowest BCUT2D eigenvalue weighted by atomic mass is 10.1. The monoisotopic (exact) mass is 346 g/mol. The fraction of sp³-hybridized carbons (Fsp3) is 0.333. The molecular weight excluding hydrogens is 324 g/mol. The van der Waals surface area contributed by atoms with Crippen LogP contribution < -0.4 is 19.9 Å². The molecule has 0 saturated heterocycles. The van der Waals surface area contributed by atoms with Crippen LogP contribution in [0.2, 0.25) is 0 Å². The van der Waals surface area contributed by atoms with Crippen molar-refractivity contribution in [3.8, 4) is 17.2 Å². The van der Waals surface area contributed by atoms with Crippen molar-refractivity contribution in [1.82, 2.24) is 4.90 Å². The first-order valence-electron chi connectivity index (χ1n) is 7.89. The van der Waals surface area contributed by atoms with Crippen molar-refractivity contribution in [2.24, 2.45) is 5.73 Å². The van der Waals surface area contributed by atoms with Crippen molar-refractivity contribution in [2.75, 3.05) is 33.9 Å². The molecule has 7 nitrogen and oxygen atoms in total. The number of rotatable bonds is 7. The SMILES string of the molecule is COc1cc(C=CC(=O)N2CCC=CC2=O)cc(OC)c1OCCN. The first-order chi connectivity index (χ1) is 12.1. The van der Waals surface area contributed by atoms with Gasteiger partial charge in [0.05, 0.1) is 14.2 Å². The molecule has 0 fully saturated rings. The lowest BCUT2D eigenvalue weighted by Gasteiger charge is -2.19. The van der Waals surface area contributed by atoms with Gasteiger partial charge in [0.15, 0.2) is 11.5 Å². The van der Waals surface area contributed by atoms with Crippen molar-refractivity contribution in [2.45, 2.75) is 6.42 Å². The molecule has 0 radical (unpaired) electrons. The third-order valence-electron chi connectivity index (χ3n) is 3.58. The summed E-state index contributed by atoms with van der Waals surface area (Å²) < 4.78 is 16.2. The van der Waals surface area contributed by atoms with E-state index in [1.165, 1.54) is 31.3 Å². The highest BCUT2D eigenvalue weighted by Crippen LogP contribution is 2.38. The van der Waals surface area contributed by atoms with Crippen LogP contribution in [0.3, 0.4) is 0 Å². The molecule has 2 rings (SSSR count). The second kappa shape index (κ2) is 8.89. The van der Waals surface area contributed by atoms with Crippen LogP contribution in [0.25, 0.3) is 6.08 Å². The molecule has 1 aromatic rings. The number of nitrogens with two attached hydrogens (primary N) is 1. The molecule has 1 heterocycles. The minimum Gasteiger partial charge on any atom is -0.493 e. The first-order valence-corrected chi connectivity index (χ1v) is 7.89. The van der Waals surface area contributed by atoms with E-state index in [1.807, 2.05) is 0 Å². The number of ether oxygens (including phenoxy) is 3. The third kappa shape index (κ3) is 4.60. The van der Waals surface area contributed by atoms with Gasteiger partial charge in [-0.25, -0.2) is 0 Å². The highest BCUT2D eigenvalue weighted by atomic mass is 16.5. The summed E-state index contributed by atoms with van der Waals surface area (Å²) in [5.74, 6) is 0.723. The summed E-state index contributed by atoms with van der Waals surface area (Å²) in [6.07, 6.45) is 6.79. The molecule has 0 bridgehead atoms. The van der Waals surface area contributed by atoms with Crippen LogP contribution in [-0.2, 0) is 9.59 Å². The van der Waals surface area contributed by atoms with Crippen LogP contribution >= 0.6 is 0 Å². The number of amides is 2. The molecule has 0 atom stereocenters. The Bertz CT molecular complexity index is 672. The van der Waals surface area contributed by atoms with Crippen molar-refractivity contribution < 1.29 is 23.8 Å². The van der Waals surface area contributed by atoms with Gasteiger partial charge in [0, 0.05) is 19.2 Å². The predicted octanol–water partition coefficient (Wildman–Crippen LogP) is 1.37. The molecule has 0 unspecified atom stereocenters. The Labute approximate surface area is 146 Å². The fourth-order valence-electron chi connectivity index (χ4n) is 2.36. The lowest BCUT2D eigenvalue weighted by molar-refractivity contribution is -0.139. The van der Waals surface area contributed by atoms with E-state index in [-0.39, 0.29) is 11.8 Å². The van der Waals surface area contributed by atoms with Gasteiger partial charge in [-0.2, -0.15) is 0 Å². The maximum absolute atomic E-state index is 12.2. The van der Waals surface area contributed by atoms with E-state index in [2.05, 4.69) is 0 Å². The second-order valence-electron chi connectivity index (χ2n) is 5.24. The van der Waals surface area contributed by atoms with Crippen LogP contribution in [0.4, 0.5) is 0 Å². The summed E-state index contributed by atoms with van der Waals surface area (Å²) in [6, 6.07) is 3.44. The molecule has 134 valence electrons. The van der Waals surface area contributed by atoms with Gasteiger partial charge < -0.3 is 19.9 Å². The van der Waals surface area contributed by atoms with Crippen LogP contribution in [0, 0.1) is 0 Å². The highest BCUT2D eigenvalue weighted by Gasteiger charge is 2.19. The van der Waals surface area contributed by atoms with Crippen molar-refractivity contribution in [3.63, 3.8) is 0 Å². The quantitative estimate of drug-likeness (QED) is 0.750. The van der Waals surface area contributed by atoms with Crippen LogP contribution in [0.1, 0.15) is 12.0 Å². The van der Waals surface area contributed by atoms with Crippen molar-refractivity contribution >= 4 is 17.9 Å². The first kappa shape index (κ1) is 18.5. The Hall–Kier alpha value is -2.80. The number of carbonyl (C=O) groups excluding carboxylic acids is 2. The van der Waals surface area contributed by atoms with Crippen LogP contribution in [0.5, 0.6) is 17.2 Å². The lowest BCUT2D eigenvalue weighted by Crippen LogP contribution is -2.37. The Kier molecular flexibility index (Phi) is 6.59. The molecule has 1 aromatic carbocycles. The Morgan fingerprint density at radius 2 is 1.96 bits per heavy atom. The summed E-state index contributed by atoms with van der Waals surface area (Å²) in [6.45, 7) is 1.07. The molecule has 0 spiro atoms. The maximum Gasteiger partial charge on any atom is 0.253 e. The Morgan fingerprint density at radius 3 is 2.52 bits per heavy atom. The van der Waals surface area contributed by atoms with Crippen molar-refractivity contribution in [1.29, 1.82) is 0 Å². The maximum atomic E-state index is 12.2. The van der Waals surface area contributed by atoms with Gasteiger partial charge in [-0.3, -0.25) is 14.5 Å². The molecule has 0 saturated carbocycles. The van der Waals surface area contributed by atoms with Gasteiger partial charge >= 0.3 is 0 Å². The molecule has 0 aromatic heterocycles. The fourth-order valence-corrected chi connectivity index (χ4v) is 2.36. The van der Waals surface area contributed by atoms with E-state index in [0.29, 0.717) is 48.9 Å². The van der Waals surface area contributed by atoms with Crippen LogP contribution in [0.15, 0.2) is 30.4 Å². The molecule has 7 heteroatoms. The summed E-state index contributed by atoms with van der Waals surface area (Å²) in [5, 5.41) is 0. The van der Waals surface area contributed by atoms with Gasteiger partial charge in [0.1, 0.15) is 6.61 Å². The number of carbonyl (C=O) groups is 2. The van der Waals surface area contributed by atoms with Gasteiger partial charge in [0.2, 0.25) is 5.75 Å². The average Bonchev–Trinajstić information content (AvgIpc) is 2.64. The molecule has 2 amide bonds. The number of hydrogen-bond acceptors (Lipinski definition) is 6. The summed E-state index contributed by atoms with van der Waals surface area (Å²) in [4.78, 5) is 25.1. The van der Waals surface area contributed by atoms with E-state index in [4.69, 9.17) is 19.9 Å². The average molecular weight is 346 g/mol. The van der Waals surface area contributed by atoms with Gasteiger partial charge in [-0.1, -0.05) is 6.08 Å². The van der Waals surface area contributed by atoms with E-state index < -0.39 is 0 Å². The zero-order valence-electron chi connectivity index (χ0n) is 14.4. The van der Waals surface area contributed by atoms with E-state index in [1.54, 1.807) is 24.3 Å². The number of methoxy groups -OCH3 is 2. The standard InChI is InChI=1S/C18H22N2O5/c1-23-14-11-13(12-15(24-2)18(14)25-10-8-19)6-7-17(22)20-9-4-3-5-16(20)21/h3,5-7,11-12H,4,8-10,19H2,1-2H3. The minimum atomic E-state index is -0.365. The van der Waals surface area contributed by atoms with E-state index >= 15 is 0 Å². The molecule has 1 aliphatic heterocycles. The molecule has 2 N–H and O–H groups in total. The van der Waals surface area contributed by atoms with Crippen molar-refractivity contribution in [3.05, 3.63) is 35.9 Å². The molecule has 25 heavy (non-hydrogen) atoms. The Morgan fingerprint density at radius 1 is 1.28 bits per heavy atom. The van der Waals surface area contributed by atoms with E-state index in [9.17, 15) is 9.59 Å². The third-order valence-corrected chi connectivity index (χ3v) is 3.58. The van der Waals surface area contributed by atoms with Gasteiger partial charge in [-0.15, -0.1) is 0 Å². The zero-order valence-corrected chi connectivity index (χ0v) is 14.4. The largest absolute Gasteiger partial charge is 0.493 e. The molecular formula is C18H22N2O5. The normalized spacial score (nSPS) is 14.0. The topological polar surface area (TPSA) is 91.1 Å². The number of benzene rings is 1. The number of nitrogens with zero attached hydrogens (tertiary/aromatic N) is 1. The minimum absolute atomic E-state index is 0.304.